The van der Waals surface area contributed by atoms with E-state index >= 15 is 0 Å². The fourth-order valence-electron chi connectivity index (χ4n) is 3.11. The van der Waals surface area contributed by atoms with Crippen molar-refractivity contribution < 1.29 is 13.5 Å². The number of rotatable bonds is 2. The van der Waals surface area contributed by atoms with Gasteiger partial charge in [-0.3, -0.25) is 4.90 Å². The maximum Gasteiger partial charge on any atom is 0.154 e. The zero-order valence-corrected chi connectivity index (χ0v) is 12.2. The van der Waals surface area contributed by atoms with Crippen molar-refractivity contribution in [1.82, 2.24) is 4.90 Å². The lowest BCUT2D eigenvalue weighted by Crippen LogP contribution is -2.53. The number of nitrogens with zero attached hydrogens (tertiary/aromatic N) is 2. The second kappa shape index (κ2) is 5.35. The van der Waals surface area contributed by atoms with E-state index in [4.69, 9.17) is 0 Å². The number of anilines is 1. The van der Waals surface area contributed by atoms with Crippen LogP contribution in [0.1, 0.15) is 0 Å². The molecule has 0 unspecified atom stereocenters. The van der Waals surface area contributed by atoms with Crippen molar-refractivity contribution in [2.45, 2.75) is 12.1 Å². The molecule has 1 N–H and O–H groups in total. The fraction of sp³-hybridized carbons (Fsp3) is 0.571. The van der Waals surface area contributed by atoms with Gasteiger partial charge in [0.2, 0.25) is 0 Å². The zero-order valence-electron chi connectivity index (χ0n) is 11.4. The summed E-state index contributed by atoms with van der Waals surface area (Å²) in [5, 5.41) is 9.93. The highest BCUT2D eigenvalue weighted by atomic mass is 32.2. The molecule has 0 spiro atoms. The Morgan fingerprint density at radius 2 is 1.65 bits per heavy atom. The minimum absolute atomic E-state index is 0.0867. The Kier molecular flexibility index (Phi) is 3.70. The number of hydrogen-bond donors (Lipinski definition) is 1. The number of aliphatic hydroxyl groups is 1. The molecule has 2 saturated heterocycles. The molecule has 20 heavy (non-hydrogen) atoms. The molecule has 2 atom stereocenters. The minimum Gasteiger partial charge on any atom is -0.390 e. The van der Waals surface area contributed by atoms with E-state index in [0.29, 0.717) is 0 Å². The Morgan fingerprint density at radius 3 is 2.20 bits per heavy atom. The highest BCUT2D eigenvalue weighted by Crippen LogP contribution is 2.22. The van der Waals surface area contributed by atoms with Crippen molar-refractivity contribution in [2.75, 3.05) is 42.6 Å². The lowest BCUT2D eigenvalue weighted by atomic mass is 10.1. The van der Waals surface area contributed by atoms with Gasteiger partial charge in [0.1, 0.15) is 0 Å². The molecule has 0 bridgehead atoms. The molecule has 0 amide bonds. The Bertz CT molecular complexity index is 553. The lowest BCUT2D eigenvalue weighted by molar-refractivity contribution is 0.0793. The van der Waals surface area contributed by atoms with Gasteiger partial charge in [-0.1, -0.05) is 18.2 Å². The van der Waals surface area contributed by atoms with Gasteiger partial charge in [0, 0.05) is 31.9 Å². The third-order valence-corrected chi connectivity index (χ3v) is 5.90. The molecule has 2 aliphatic rings. The highest BCUT2D eigenvalue weighted by Gasteiger charge is 2.40. The van der Waals surface area contributed by atoms with Gasteiger partial charge >= 0.3 is 0 Å². The number of aliphatic hydroxyl groups excluding tert-OH is 1. The third-order valence-electron chi connectivity index (χ3n) is 4.20. The zero-order chi connectivity index (χ0) is 14.2. The van der Waals surface area contributed by atoms with Crippen molar-refractivity contribution >= 4 is 15.5 Å². The van der Waals surface area contributed by atoms with Crippen molar-refractivity contribution in [3.05, 3.63) is 30.3 Å². The summed E-state index contributed by atoms with van der Waals surface area (Å²) in [5.74, 6) is 0.00999. The largest absolute Gasteiger partial charge is 0.390 e. The van der Waals surface area contributed by atoms with Gasteiger partial charge in [-0.05, 0) is 12.1 Å². The van der Waals surface area contributed by atoms with Gasteiger partial charge in [-0.2, -0.15) is 0 Å². The topological polar surface area (TPSA) is 60.9 Å². The van der Waals surface area contributed by atoms with Crippen molar-refractivity contribution in [3.8, 4) is 0 Å². The first-order valence-corrected chi connectivity index (χ1v) is 8.80. The molecule has 1 aromatic rings. The first-order valence-electron chi connectivity index (χ1n) is 6.98. The molecule has 3 rings (SSSR count). The first-order chi connectivity index (χ1) is 9.55. The number of benzene rings is 1. The number of para-hydroxylation sites is 1. The standard InChI is InChI=1S/C14H20N2O3S/c17-14-11-20(18,19)10-13(14)16-8-6-15(7-9-16)12-4-2-1-3-5-12/h1-5,13-14,17H,6-11H2/t13-,14+/m0/s1. The van der Waals surface area contributed by atoms with E-state index in [1.165, 1.54) is 5.69 Å². The van der Waals surface area contributed by atoms with Crippen LogP contribution in [0.4, 0.5) is 5.69 Å². The van der Waals surface area contributed by atoms with E-state index in [9.17, 15) is 13.5 Å². The molecule has 0 aromatic heterocycles. The second-order valence-electron chi connectivity index (χ2n) is 5.57. The minimum atomic E-state index is -3.06. The van der Waals surface area contributed by atoms with Crippen LogP contribution in [0.2, 0.25) is 0 Å². The number of sulfone groups is 1. The summed E-state index contributed by atoms with van der Waals surface area (Å²) in [6.07, 6.45) is -0.733. The Labute approximate surface area is 119 Å². The summed E-state index contributed by atoms with van der Waals surface area (Å²) in [7, 11) is -3.06. The monoisotopic (exact) mass is 296 g/mol. The normalized spacial score (nSPS) is 30.6. The summed E-state index contributed by atoms with van der Waals surface area (Å²) in [6, 6.07) is 10.00. The summed E-state index contributed by atoms with van der Waals surface area (Å²) >= 11 is 0. The Hall–Kier alpha value is -1.11. The fourth-order valence-corrected chi connectivity index (χ4v) is 4.94. The summed E-state index contributed by atoms with van der Waals surface area (Å²) in [4.78, 5) is 4.42. The van der Waals surface area contributed by atoms with Crippen LogP contribution in [0.5, 0.6) is 0 Å². The van der Waals surface area contributed by atoms with Crippen LogP contribution < -0.4 is 4.90 Å². The molecule has 1 aromatic carbocycles. The maximum atomic E-state index is 11.6. The van der Waals surface area contributed by atoms with Crippen LogP contribution >= 0.6 is 0 Å². The van der Waals surface area contributed by atoms with E-state index in [1.807, 2.05) is 18.2 Å². The molecule has 0 radical (unpaired) electrons. The van der Waals surface area contributed by atoms with E-state index in [0.717, 1.165) is 26.2 Å². The summed E-state index contributed by atoms with van der Waals surface area (Å²) < 4.78 is 23.2. The van der Waals surface area contributed by atoms with Crippen molar-refractivity contribution in [3.63, 3.8) is 0 Å². The third kappa shape index (κ3) is 2.82. The van der Waals surface area contributed by atoms with Crippen LogP contribution in [-0.2, 0) is 9.84 Å². The molecule has 2 heterocycles. The number of hydrogen-bond acceptors (Lipinski definition) is 5. The molecular weight excluding hydrogens is 276 g/mol. The first kappa shape index (κ1) is 13.9. The predicted molar refractivity (Wildman–Crippen MR) is 78.7 cm³/mol. The molecule has 5 nitrogen and oxygen atoms in total. The lowest BCUT2D eigenvalue weighted by Gasteiger charge is -2.39. The maximum absolute atomic E-state index is 11.6. The van der Waals surface area contributed by atoms with Crippen LogP contribution in [0.25, 0.3) is 0 Å². The van der Waals surface area contributed by atoms with Crippen molar-refractivity contribution in [2.24, 2.45) is 0 Å². The Morgan fingerprint density at radius 1 is 1.00 bits per heavy atom. The van der Waals surface area contributed by atoms with Crippen molar-refractivity contribution in [1.29, 1.82) is 0 Å². The van der Waals surface area contributed by atoms with Crippen LogP contribution in [-0.4, -0.2) is 68.3 Å². The summed E-state index contributed by atoms with van der Waals surface area (Å²) in [5.41, 5.74) is 1.20. The van der Waals surface area contributed by atoms with Gasteiger partial charge in [-0.25, -0.2) is 8.42 Å². The van der Waals surface area contributed by atoms with Crippen LogP contribution in [0.3, 0.4) is 0 Å². The molecular formula is C14H20N2O3S. The van der Waals surface area contributed by atoms with Gasteiger partial charge in [0.15, 0.2) is 9.84 Å². The van der Waals surface area contributed by atoms with E-state index in [1.54, 1.807) is 0 Å². The van der Waals surface area contributed by atoms with E-state index < -0.39 is 15.9 Å². The highest BCUT2D eigenvalue weighted by molar-refractivity contribution is 7.91. The number of piperazine rings is 1. The van der Waals surface area contributed by atoms with E-state index in [-0.39, 0.29) is 17.5 Å². The smallest absolute Gasteiger partial charge is 0.154 e. The second-order valence-corrected chi connectivity index (χ2v) is 7.72. The average Bonchev–Trinajstić information content (AvgIpc) is 2.73. The van der Waals surface area contributed by atoms with Crippen LogP contribution in [0, 0.1) is 0 Å². The molecule has 2 fully saturated rings. The van der Waals surface area contributed by atoms with Gasteiger partial charge in [0.25, 0.3) is 0 Å². The van der Waals surface area contributed by atoms with Gasteiger partial charge < -0.3 is 10.0 Å². The quantitative estimate of drug-likeness (QED) is 0.830. The molecule has 6 heteroatoms. The van der Waals surface area contributed by atoms with Gasteiger partial charge in [0.05, 0.1) is 23.7 Å². The SMILES string of the molecule is O=S1(=O)C[C@@H](O)[C@@H](N2CCN(c3ccccc3)CC2)C1. The van der Waals surface area contributed by atoms with Crippen LogP contribution in [0.15, 0.2) is 30.3 Å². The molecule has 0 saturated carbocycles. The molecule has 110 valence electrons. The molecule has 0 aliphatic carbocycles. The average molecular weight is 296 g/mol. The molecule has 2 aliphatic heterocycles. The predicted octanol–water partition coefficient (Wildman–Crippen LogP) is -0.0335. The van der Waals surface area contributed by atoms with E-state index in [2.05, 4.69) is 21.9 Å². The van der Waals surface area contributed by atoms with Gasteiger partial charge in [-0.15, -0.1) is 0 Å². The Balaban J connectivity index is 1.62. The summed E-state index contributed by atoms with van der Waals surface area (Å²) in [6.45, 7) is 3.33.